The summed E-state index contributed by atoms with van der Waals surface area (Å²) in [6, 6.07) is 2.12. The molecular weight excluding hydrogens is 265 g/mol. The van der Waals surface area contributed by atoms with Gasteiger partial charge in [-0.1, -0.05) is 0 Å². The van der Waals surface area contributed by atoms with Crippen molar-refractivity contribution in [2.75, 3.05) is 14.2 Å². The largest absolute Gasteiger partial charge is 0.493 e. The summed E-state index contributed by atoms with van der Waals surface area (Å²) < 4.78 is 24.6. The van der Waals surface area contributed by atoms with Gasteiger partial charge in [-0.2, -0.15) is 0 Å². The third-order valence-electron chi connectivity index (χ3n) is 2.95. The average molecular weight is 285 g/mol. The molecule has 0 aromatic heterocycles. The van der Waals surface area contributed by atoms with Gasteiger partial charge in [0.25, 0.3) is 0 Å². The van der Waals surface area contributed by atoms with Crippen molar-refractivity contribution in [3.63, 3.8) is 0 Å². The van der Waals surface area contributed by atoms with Crippen molar-refractivity contribution in [2.45, 2.75) is 32.0 Å². The third-order valence-corrected chi connectivity index (χ3v) is 2.95. The van der Waals surface area contributed by atoms with E-state index in [0.29, 0.717) is 22.6 Å². The van der Waals surface area contributed by atoms with Crippen LogP contribution in [0.3, 0.4) is 0 Å². The first-order valence-electron chi connectivity index (χ1n) is 6.13. The first kappa shape index (κ1) is 16.2. The minimum absolute atomic E-state index is 0.0821. The minimum Gasteiger partial charge on any atom is -0.493 e. The highest BCUT2D eigenvalue weighted by molar-refractivity contribution is 5.73. The number of alkyl halides is 1. The average Bonchev–Trinajstić information content (AvgIpc) is 2.36. The maximum absolute atomic E-state index is 14.3. The van der Waals surface area contributed by atoms with E-state index in [1.165, 1.54) is 28.1 Å². The highest BCUT2D eigenvalue weighted by Gasteiger charge is 2.27. The molecule has 0 amide bonds. The number of carboxylic acid groups (broad SMARTS) is 1. The Morgan fingerprint density at radius 1 is 1.40 bits per heavy atom. The molecule has 0 spiro atoms. The molecule has 6 heteroatoms. The molecule has 5 nitrogen and oxygen atoms in total. The lowest BCUT2D eigenvalue weighted by Gasteiger charge is -2.22. The van der Waals surface area contributed by atoms with Crippen molar-refractivity contribution >= 4 is 5.97 Å². The number of nitrogens with two attached hydrogens (primary N) is 1. The summed E-state index contributed by atoms with van der Waals surface area (Å²) in [6.45, 7) is 2.79. The lowest BCUT2D eigenvalue weighted by atomic mass is 9.94. The number of ether oxygens (including phenoxy) is 2. The smallest absolute Gasteiger partial charge is 0.320 e. The van der Waals surface area contributed by atoms with Crippen LogP contribution in [0.1, 0.15) is 25.0 Å². The highest BCUT2D eigenvalue weighted by atomic mass is 19.1. The van der Waals surface area contributed by atoms with Crippen LogP contribution >= 0.6 is 0 Å². The van der Waals surface area contributed by atoms with E-state index in [-0.39, 0.29) is 6.42 Å². The molecule has 0 saturated carbocycles. The SMILES string of the molecule is COc1cc(CC(N)C(=O)O)cc(C(C)(C)F)c1OC. The van der Waals surface area contributed by atoms with E-state index in [1.807, 2.05) is 0 Å². The molecule has 0 heterocycles. The highest BCUT2D eigenvalue weighted by Crippen LogP contribution is 2.40. The fraction of sp³-hybridized carbons (Fsp3) is 0.500. The number of carboxylic acids is 1. The first-order chi connectivity index (χ1) is 9.20. The van der Waals surface area contributed by atoms with Crippen molar-refractivity contribution in [1.29, 1.82) is 0 Å². The molecule has 1 atom stereocenters. The monoisotopic (exact) mass is 285 g/mol. The van der Waals surface area contributed by atoms with E-state index in [2.05, 4.69) is 0 Å². The van der Waals surface area contributed by atoms with Gasteiger partial charge >= 0.3 is 5.97 Å². The minimum atomic E-state index is -1.65. The fourth-order valence-corrected chi connectivity index (χ4v) is 1.92. The summed E-state index contributed by atoms with van der Waals surface area (Å²) in [7, 11) is 2.86. The zero-order chi connectivity index (χ0) is 15.5. The molecule has 0 saturated heterocycles. The van der Waals surface area contributed by atoms with Gasteiger partial charge < -0.3 is 20.3 Å². The topological polar surface area (TPSA) is 81.8 Å². The molecule has 1 aromatic rings. The van der Waals surface area contributed by atoms with Crippen molar-refractivity contribution in [1.82, 2.24) is 0 Å². The van der Waals surface area contributed by atoms with Gasteiger partial charge in [-0.3, -0.25) is 4.79 Å². The van der Waals surface area contributed by atoms with Gasteiger partial charge in [-0.15, -0.1) is 0 Å². The van der Waals surface area contributed by atoms with Crippen LogP contribution < -0.4 is 15.2 Å². The number of hydrogen-bond acceptors (Lipinski definition) is 4. The predicted molar refractivity (Wildman–Crippen MR) is 73.0 cm³/mol. The summed E-state index contributed by atoms with van der Waals surface area (Å²) in [6.07, 6.45) is 0.0821. The molecule has 112 valence electrons. The van der Waals surface area contributed by atoms with Gasteiger partial charge in [-0.05, 0) is 38.0 Å². The standard InChI is InChI=1S/C14H20FNO4/c1-14(2,15)9-5-8(6-10(16)13(17)18)7-11(19-3)12(9)20-4/h5,7,10H,6,16H2,1-4H3,(H,17,18). The zero-order valence-corrected chi connectivity index (χ0v) is 12.1. The lowest BCUT2D eigenvalue weighted by Crippen LogP contribution is -2.32. The number of methoxy groups -OCH3 is 2. The molecular formula is C14H20FNO4. The van der Waals surface area contributed by atoms with Crippen LogP contribution in [0.5, 0.6) is 11.5 Å². The van der Waals surface area contributed by atoms with Crippen molar-refractivity contribution in [2.24, 2.45) is 5.73 Å². The molecule has 0 aliphatic heterocycles. The van der Waals surface area contributed by atoms with Gasteiger partial charge in [-0.25, -0.2) is 4.39 Å². The second-order valence-corrected chi connectivity index (χ2v) is 5.00. The Morgan fingerprint density at radius 2 is 2.00 bits per heavy atom. The molecule has 1 aromatic carbocycles. The second-order valence-electron chi connectivity index (χ2n) is 5.00. The van der Waals surface area contributed by atoms with Crippen LogP contribution in [-0.2, 0) is 16.9 Å². The molecule has 1 rings (SSSR count). The Morgan fingerprint density at radius 3 is 2.40 bits per heavy atom. The fourth-order valence-electron chi connectivity index (χ4n) is 1.92. The molecule has 0 bridgehead atoms. The third kappa shape index (κ3) is 3.60. The summed E-state index contributed by atoms with van der Waals surface area (Å²) in [5, 5.41) is 8.84. The van der Waals surface area contributed by atoms with E-state index in [4.69, 9.17) is 20.3 Å². The summed E-state index contributed by atoms with van der Waals surface area (Å²) in [5.74, 6) is -0.461. The van der Waals surface area contributed by atoms with E-state index < -0.39 is 17.7 Å². The van der Waals surface area contributed by atoms with Gasteiger partial charge in [0.15, 0.2) is 11.5 Å². The molecule has 3 N–H and O–H groups in total. The molecule has 0 fully saturated rings. The summed E-state index contributed by atoms with van der Waals surface area (Å²) in [4.78, 5) is 10.8. The summed E-state index contributed by atoms with van der Waals surface area (Å²) in [5.41, 5.74) is 4.73. The maximum atomic E-state index is 14.3. The first-order valence-corrected chi connectivity index (χ1v) is 6.13. The normalized spacial score (nSPS) is 12.9. The molecule has 0 aliphatic carbocycles. The second kappa shape index (κ2) is 6.09. The zero-order valence-electron chi connectivity index (χ0n) is 12.1. The van der Waals surface area contributed by atoms with E-state index in [1.54, 1.807) is 12.1 Å². The van der Waals surface area contributed by atoms with Crippen LogP contribution in [0.25, 0.3) is 0 Å². The number of benzene rings is 1. The Labute approximate surface area is 117 Å². The Hall–Kier alpha value is -1.82. The van der Waals surface area contributed by atoms with Gasteiger partial charge in [0.1, 0.15) is 11.7 Å². The maximum Gasteiger partial charge on any atom is 0.320 e. The summed E-state index contributed by atoms with van der Waals surface area (Å²) >= 11 is 0. The number of rotatable bonds is 6. The Kier molecular flexibility index (Phi) is 4.94. The van der Waals surface area contributed by atoms with E-state index >= 15 is 0 Å². The predicted octanol–water partition coefficient (Wildman–Crippen LogP) is 1.86. The number of aliphatic carboxylic acids is 1. The van der Waals surface area contributed by atoms with Crippen LogP contribution in [-0.4, -0.2) is 31.3 Å². The Bertz CT molecular complexity index is 497. The molecule has 20 heavy (non-hydrogen) atoms. The van der Waals surface area contributed by atoms with Crippen LogP contribution in [0, 0.1) is 0 Å². The van der Waals surface area contributed by atoms with E-state index in [0.717, 1.165) is 0 Å². The molecule has 0 radical (unpaired) electrons. The number of carbonyl (C=O) groups is 1. The van der Waals surface area contributed by atoms with Crippen LogP contribution in [0.2, 0.25) is 0 Å². The number of halogens is 1. The van der Waals surface area contributed by atoms with Gasteiger partial charge in [0.05, 0.1) is 14.2 Å². The van der Waals surface area contributed by atoms with Gasteiger partial charge in [0.2, 0.25) is 0 Å². The van der Waals surface area contributed by atoms with Crippen molar-refractivity contribution < 1.29 is 23.8 Å². The van der Waals surface area contributed by atoms with E-state index in [9.17, 15) is 9.18 Å². The number of hydrogen-bond donors (Lipinski definition) is 2. The lowest BCUT2D eigenvalue weighted by molar-refractivity contribution is -0.138. The molecule has 0 aliphatic rings. The van der Waals surface area contributed by atoms with Crippen LogP contribution in [0.15, 0.2) is 12.1 Å². The van der Waals surface area contributed by atoms with Crippen molar-refractivity contribution in [3.05, 3.63) is 23.3 Å². The quantitative estimate of drug-likeness (QED) is 0.833. The Balaban J connectivity index is 3.32. The molecule has 1 unspecified atom stereocenters. The van der Waals surface area contributed by atoms with Crippen molar-refractivity contribution in [3.8, 4) is 11.5 Å². The van der Waals surface area contributed by atoms with Crippen LogP contribution in [0.4, 0.5) is 4.39 Å². The van der Waals surface area contributed by atoms with Gasteiger partial charge in [0, 0.05) is 5.56 Å².